The summed E-state index contributed by atoms with van der Waals surface area (Å²) in [5.74, 6) is 1.40. The van der Waals surface area contributed by atoms with Crippen LogP contribution in [-0.4, -0.2) is 19.5 Å². The lowest BCUT2D eigenvalue weighted by molar-refractivity contribution is -0.385. The number of hydrogen-bond donors (Lipinski definition) is 1. The highest BCUT2D eigenvalue weighted by molar-refractivity contribution is 9.10. The van der Waals surface area contributed by atoms with E-state index in [1.165, 1.54) is 12.3 Å². The molecule has 7 nitrogen and oxygen atoms in total. The number of anilines is 1. The molecule has 0 spiro atoms. The van der Waals surface area contributed by atoms with E-state index >= 15 is 0 Å². The zero-order chi connectivity index (χ0) is 14.0. The Hall–Kier alpha value is -1.96. The van der Waals surface area contributed by atoms with Crippen LogP contribution in [0.3, 0.4) is 0 Å². The summed E-state index contributed by atoms with van der Waals surface area (Å²) >= 11 is 3.27. The third-order valence-corrected chi connectivity index (χ3v) is 3.24. The maximum atomic E-state index is 10.6. The largest absolute Gasteiger partial charge is 0.359 e. The molecule has 2 aromatic heterocycles. The second-order valence-electron chi connectivity index (χ2n) is 4.04. The summed E-state index contributed by atoms with van der Waals surface area (Å²) < 4.78 is 2.44. The van der Waals surface area contributed by atoms with Gasteiger partial charge in [0.25, 0.3) is 5.69 Å². The standard InChI is InChI=1S/C11H12BrN5O2/c1-7(11-13-3-4-16(11)2)15-10-9(12)5-8(6-14-10)17(18)19/h3-7H,1-2H3,(H,14,15). The third kappa shape index (κ3) is 2.90. The van der Waals surface area contributed by atoms with Crippen LogP contribution < -0.4 is 5.32 Å². The first kappa shape index (κ1) is 13.5. The highest BCUT2D eigenvalue weighted by Gasteiger charge is 2.15. The van der Waals surface area contributed by atoms with Crippen LogP contribution in [0.4, 0.5) is 11.5 Å². The molecule has 0 aliphatic heterocycles. The van der Waals surface area contributed by atoms with Gasteiger partial charge in [-0.2, -0.15) is 0 Å². The van der Waals surface area contributed by atoms with E-state index in [9.17, 15) is 10.1 Å². The van der Waals surface area contributed by atoms with Crippen molar-refractivity contribution < 1.29 is 4.92 Å². The van der Waals surface area contributed by atoms with E-state index in [2.05, 4.69) is 31.2 Å². The minimum absolute atomic E-state index is 0.0536. The number of pyridine rings is 1. The van der Waals surface area contributed by atoms with E-state index < -0.39 is 4.92 Å². The average Bonchev–Trinajstić information content (AvgIpc) is 2.77. The summed E-state index contributed by atoms with van der Waals surface area (Å²) in [7, 11) is 1.90. The number of aromatic nitrogens is 3. The van der Waals surface area contributed by atoms with Gasteiger partial charge in [0.1, 0.15) is 17.8 Å². The van der Waals surface area contributed by atoms with Crippen LogP contribution in [-0.2, 0) is 7.05 Å². The van der Waals surface area contributed by atoms with Crippen molar-refractivity contribution in [2.75, 3.05) is 5.32 Å². The number of rotatable bonds is 4. The molecule has 0 radical (unpaired) electrons. The van der Waals surface area contributed by atoms with Gasteiger partial charge < -0.3 is 9.88 Å². The van der Waals surface area contributed by atoms with E-state index in [0.717, 1.165) is 5.82 Å². The van der Waals surface area contributed by atoms with Crippen molar-refractivity contribution in [3.05, 3.63) is 45.1 Å². The molecule has 19 heavy (non-hydrogen) atoms. The molecule has 0 bridgehead atoms. The van der Waals surface area contributed by atoms with E-state index in [1.54, 1.807) is 6.20 Å². The molecule has 1 unspecified atom stereocenters. The quantitative estimate of drug-likeness (QED) is 0.689. The van der Waals surface area contributed by atoms with Crippen LogP contribution in [0.5, 0.6) is 0 Å². The molecule has 0 aliphatic carbocycles. The first-order valence-corrected chi connectivity index (χ1v) is 6.32. The van der Waals surface area contributed by atoms with Gasteiger partial charge in [0, 0.05) is 25.5 Å². The van der Waals surface area contributed by atoms with Gasteiger partial charge in [0.2, 0.25) is 0 Å². The molecule has 0 saturated carbocycles. The Kier molecular flexibility index (Phi) is 3.79. The Balaban J connectivity index is 2.20. The van der Waals surface area contributed by atoms with Crippen molar-refractivity contribution in [1.82, 2.24) is 14.5 Å². The third-order valence-electron chi connectivity index (χ3n) is 2.64. The van der Waals surface area contributed by atoms with Crippen molar-refractivity contribution in [2.24, 2.45) is 7.05 Å². The number of aryl methyl sites for hydroxylation is 1. The normalized spacial score (nSPS) is 12.2. The Morgan fingerprint density at radius 3 is 2.79 bits per heavy atom. The summed E-state index contributed by atoms with van der Waals surface area (Å²) in [6, 6.07) is 1.35. The molecule has 0 fully saturated rings. The van der Waals surface area contributed by atoms with Crippen molar-refractivity contribution in [3.63, 3.8) is 0 Å². The van der Waals surface area contributed by atoms with Crippen LogP contribution in [0, 0.1) is 10.1 Å². The summed E-state index contributed by atoms with van der Waals surface area (Å²) in [5.41, 5.74) is -0.0536. The second kappa shape index (κ2) is 5.35. The van der Waals surface area contributed by atoms with Crippen LogP contribution >= 0.6 is 15.9 Å². The zero-order valence-corrected chi connectivity index (χ0v) is 12.0. The fourth-order valence-electron chi connectivity index (χ4n) is 1.70. The van der Waals surface area contributed by atoms with Gasteiger partial charge in [0.05, 0.1) is 15.4 Å². The predicted octanol–water partition coefficient (Wildman–Crippen LogP) is 2.66. The second-order valence-corrected chi connectivity index (χ2v) is 4.90. The predicted molar refractivity (Wildman–Crippen MR) is 73.8 cm³/mol. The Morgan fingerprint density at radius 2 is 2.26 bits per heavy atom. The summed E-state index contributed by atoms with van der Waals surface area (Å²) in [6.07, 6.45) is 4.79. The lowest BCUT2D eigenvalue weighted by Crippen LogP contribution is -2.13. The first-order chi connectivity index (χ1) is 8.99. The van der Waals surface area contributed by atoms with E-state index in [0.29, 0.717) is 10.3 Å². The van der Waals surface area contributed by atoms with Crippen LogP contribution in [0.2, 0.25) is 0 Å². The van der Waals surface area contributed by atoms with Crippen molar-refractivity contribution in [2.45, 2.75) is 13.0 Å². The van der Waals surface area contributed by atoms with Gasteiger partial charge in [-0.15, -0.1) is 0 Å². The molecule has 100 valence electrons. The van der Waals surface area contributed by atoms with Crippen LogP contribution in [0.1, 0.15) is 18.8 Å². The van der Waals surface area contributed by atoms with Crippen molar-refractivity contribution >= 4 is 27.4 Å². The van der Waals surface area contributed by atoms with Gasteiger partial charge in [0.15, 0.2) is 0 Å². The van der Waals surface area contributed by atoms with E-state index in [4.69, 9.17) is 0 Å². The van der Waals surface area contributed by atoms with E-state index in [-0.39, 0.29) is 11.7 Å². The average molecular weight is 326 g/mol. The zero-order valence-electron chi connectivity index (χ0n) is 10.4. The number of hydrogen-bond acceptors (Lipinski definition) is 5. The fraction of sp³-hybridized carbons (Fsp3) is 0.273. The summed E-state index contributed by atoms with van der Waals surface area (Å²) in [6.45, 7) is 1.94. The highest BCUT2D eigenvalue weighted by atomic mass is 79.9. The molecular formula is C11H12BrN5O2. The van der Waals surface area contributed by atoms with Gasteiger partial charge in [-0.05, 0) is 22.9 Å². The minimum Gasteiger partial charge on any atom is -0.359 e. The van der Waals surface area contributed by atoms with Crippen molar-refractivity contribution in [3.8, 4) is 0 Å². The molecule has 0 aliphatic rings. The highest BCUT2D eigenvalue weighted by Crippen LogP contribution is 2.27. The van der Waals surface area contributed by atoms with Gasteiger partial charge in [-0.1, -0.05) is 0 Å². The Bertz CT molecular complexity index is 613. The molecule has 0 amide bonds. The van der Waals surface area contributed by atoms with Crippen molar-refractivity contribution in [1.29, 1.82) is 0 Å². The number of nitrogens with zero attached hydrogens (tertiary/aromatic N) is 4. The molecule has 2 rings (SSSR count). The topological polar surface area (TPSA) is 85.9 Å². The maximum Gasteiger partial charge on any atom is 0.288 e. The number of nitro groups is 1. The van der Waals surface area contributed by atoms with Crippen LogP contribution in [0.15, 0.2) is 29.1 Å². The van der Waals surface area contributed by atoms with Gasteiger partial charge >= 0.3 is 0 Å². The number of nitrogens with one attached hydrogen (secondary N) is 1. The lowest BCUT2D eigenvalue weighted by Gasteiger charge is -2.15. The molecule has 2 aromatic rings. The van der Waals surface area contributed by atoms with E-state index in [1.807, 2.05) is 24.7 Å². The molecule has 1 atom stereocenters. The molecule has 2 heterocycles. The smallest absolute Gasteiger partial charge is 0.288 e. The fourth-order valence-corrected chi connectivity index (χ4v) is 2.15. The molecule has 0 saturated heterocycles. The molecular weight excluding hydrogens is 314 g/mol. The summed E-state index contributed by atoms with van der Waals surface area (Å²) in [4.78, 5) is 18.4. The van der Waals surface area contributed by atoms with Crippen LogP contribution in [0.25, 0.3) is 0 Å². The maximum absolute atomic E-state index is 10.6. The number of imidazole rings is 1. The molecule has 8 heteroatoms. The number of halogens is 1. The van der Waals surface area contributed by atoms with Gasteiger partial charge in [-0.25, -0.2) is 9.97 Å². The minimum atomic E-state index is -0.482. The SMILES string of the molecule is CC(Nc1ncc([N+](=O)[O-])cc1Br)c1nccn1C. The molecule has 0 aromatic carbocycles. The Morgan fingerprint density at radius 1 is 1.53 bits per heavy atom. The van der Waals surface area contributed by atoms with Gasteiger partial charge in [-0.3, -0.25) is 10.1 Å². The Labute approximate surface area is 118 Å². The summed E-state index contributed by atoms with van der Waals surface area (Å²) in [5, 5.41) is 13.8. The molecule has 1 N–H and O–H groups in total. The monoisotopic (exact) mass is 325 g/mol. The lowest BCUT2D eigenvalue weighted by atomic mass is 10.3. The first-order valence-electron chi connectivity index (χ1n) is 5.52.